The highest BCUT2D eigenvalue weighted by Crippen LogP contribution is 2.48. The molecule has 0 N–H and O–H groups in total. The van der Waals surface area contributed by atoms with E-state index < -0.39 is 0 Å². The molecule has 80 heavy (non-hydrogen) atoms. The molecule has 0 aliphatic heterocycles. The molecule has 13 aromatic carbocycles. The van der Waals surface area contributed by atoms with E-state index in [1.165, 1.54) is 5.39 Å². The molecule has 0 aliphatic carbocycles. The summed E-state index contributed by atoms with van der Waals surface area (Å²) in [6.45, 7) is 0. The van der Waals surface area contributed by atoms with Crippen molar-refractivity contribution >= 4 is 120 Å². The summed E-state index contributed by atoms with van der Waals surface area (Å²) in [6, 6.07) is 95.9. The minimum absolute atomic E-state index is 0.411. The zero-order valence-electron chi connectivity index (χ0n) is 42.9. The molecule has 0 atom stereocenters. The summed E-state index contributed by atoms with van der Waals surface area (Å²) >= 11 is 0. The highest BCUT2D eigenvalue weighted by atomic mass is 15.0. The quantitative estimate of drug-likeness (QED) is 0.161. The van der Waals surface area contributed by atoms with E-state index in [0.717, 1.165) is 131 Å². The standard InChI is InChI=1S/C74H42N6/c75-43-60-68(79-64-33-17-13-29-57(64)71-66(79)39-37-55-53-27-11-15-31-62(53)77(73(55)71)46-19-3-1-4-20-46)42-69(61(44-76)70(60)45-35-36-52-50-25-8-7-23-48(50)49-24-9-10-26-51(49)59(52)41-45)80-65-34-18-14-30-58(65)72-67(80)40-38-56-54-28-12-16-32-63(54)78(74(56)72)47-21-5-2-6-22-47/h1-42H. The van der Waals surface area contributed by atoms with Gasteiger partial charge in [0, 0.05) is 60.0 Å². The van der Waals surface area contributed by atoms with E-state index in [0.29, 0.717) is 28.1 Å². The monoisotopic (exact) mass is 1010 g/mol. The Morgan fingerprint density at radius 3 is 1.01 bits per heavy atom. The van der Waals surface area contributed by atoms with Crippen molar-refractivity contribution in [2.75, 3.05) is 0 Å². The predicted molar refractivity (Wildman–Crippen MR) is 331 cm³/mol. The molecular weight excluding hydrogens is 973 g/mol. The van der Waals surface area contributed by atoms with Crippen molar-refractivity contribution in [3.63, 3.8) is 0 Å². The Balaban J connectivity index is 1.06. The molecule has 0 radical (unpaired) electrons. The van der Waals surface area contributed by atoms with Crippen LogP contribution < -0.4 is 0 Å². The Kier molecular flexibility index (Phi) is 9.16. The maximum Gasteiger partial charge on any atom is 0.102 e. The van der Waals surface area contributed by atoms with Crippen LogP contribution in [0.1, 0.15) is 11.1 Å². The number of rotatable bonds is 5. The van der Waals surface area contributed by atoms with E-state index in [1.54, 1.807) is 0 Å². The van der Waals surface area contributed by atoms with Gasteiger partial charge >= 0.3 is 0 Å². The molecule has 4 heterocycles. The summed E-state index contributed by atoms with van der Waals surface area (Å²) in [6.07, 6.45) is 0. The second-order valence-corrected chi connectivity index (χ2v) is 20.9. The molecule has 0 saturated carbocycles. The summed E-state index contributed by atoms with van der Waals surface area (Å²) in [5, 5.41) is 39.9. The molecule has 0 bridgehead atoms. The molecule has 17 aromatic rings. The second-order valence-electron chi connectivity index (χ2n) is 20.9. The molecule has 0 aliphatic rings. The van der Waals surface area contributed by atoms with Crippen LogP contribution in [0.3, 0.4) is 0 Å². The fourth-order valence-corrected chi connectivity index (χ4v) is 13.8. The molecule has 0 saturated heterocycles. The van der Waals surface area contributed by atoms with Gasteiger partial charge in [0.25, 0.3) is 0 Å². The van der Waals surface area contributed by atoms with Gasteiger partial charge in [-0.2, -0.15) is 10.5 Å². The van der Waals surface area contributed by atoms with Crippen LogP contribution >= 0.6 is 0 Å². The van der Waals surface area contributed by atoms with E-state index in [4.69, 9.17) is 0 Å². The number of nitriles is 2. The van der Waals surface area contributed by atoms with E-state index in [1.807, 2.05) is 0 Å². The van der Waals surface area contributed by atoms with Gasteiger partial charge in [-0.25, -0.2) is 0 Å². The average molecular weight is 1020 g/mol. The first-order chi connectivity index (χ1) is 39.7. The lowest BCUT2D eigenvalue weighted by atomic mass is 9.88. The van der Waals surface area contributed by atoms with Crippen molar-refractivity contribution < 1.29 is 0 Å². The smallest absolute Gasteiger partial charge is 0.102 e. The summed E-state index contributed by atoms with van der Waals surface area (Å²) < 4.78 is 9.35. The zero-order valence-corrected chi connectivity index (χ0v) is 42.9. The Hall–Kier alpha value is -11.2. The highest BCUT2D eigenvalue weighted by Gasteiger charge is 2.29. The first-order valence-corrected chi connectivity index (χ1v) is 27.1. The third-order valence-corrected chi connectivity index (χ3v) is 17.0. The van der Waals surface area contributed by atoms with Crippen LogP contribution in [0.4, 0.5) is 0 Å². The van der Waals surface area contributed by atoms with Gasteiger partial charge in [-0.15, -0.1) is 0 Å². The van der Waals surface area contributed by atoms with Crippen LogP contribution in [0.2, 0.25) is 0 Å². The molecule has 4 aromatic heterocycles. The predicted octanol–water partition coefficient (Wildman–Crippen LogP) is 18.9. The number of hydrogen-bond donors (Lipinski definition) is 0. The van der Waals surface area contributed by atoms with E-state index in [9.17, 15) is 10.5 Å². The number of hydrogen-bond acceptors (Lipinski definition) is 2. The largest absolute Gasteiger partial charge is 0.309 e. The van der Waals surface area contributed by atoms with Gasteiger partial charge in [0.2, 0.25) is 0 Å². The van der Waals surface area contributed by atoms with Gasteiger partial charge in [-0.1, -0.05) is 182 Å². The number of fused-ring (bicyclic) bond motifs is 20. The van der Waals surface area contributed by atoms with Gasteiger partial charge in [-0.3, -0.25) is 0 Å². The highest BCUT2D eigenvalue weighted by molar-refractivity contribution is 6.29. The number of para-hydroxylation sites is 6. The van der Waals surface area contributed by atoms with Crippen LogP contribution in [0.15, 0.2) is 255 Å². The van der Waals surface area contributed by atoms with Gasteiger partial charge in [0.15, 0.2) is 0 Å². The van der Waals surface area contributed by atoms with E-state index >= 15 is 0 Å². The normalized spacial score (nSPS) is 12.0. The van der Waals surface area contributed by atoms with Crippen LogP contribution in [-0.4, -0.2) is 18.3 Å². The number of benzene rings is 13. The molecule has 17 rings (SSSR count). The maximum atomic E-state index is 12.1. The summed E-state index contributed by atoms with van der Waals surface area (Å²) in [5.74, 6) is 0. The second kappa shape index (κ2) is 16.7. The van der Waals surface area contributed by atoms with Crippen LogP contribution in [0, 0.1) is 22.7 Å². The fourth-order valence-electron chi connectivity index (χ4n) is 13.8. The van der Waals surface area contributed by atoms with Crippen molar-refractivity contribution in [1.29, 1.82) is 10.5 Å². The Labute approximate surface area is 457 Å². The fraction of sp³-hybridized carbons (Fsp3) is 0. The Morgan fingerprint density at radius 2 is 0.588 bits per heavy atom. The first kappa shape index (κ1) is 44.0. The SMILES string of the molecule is N#Cc1c(-n2c3ccccc3c3c2ccc2c4ccccc4n(-c4ccccc4)c23)cc(-n2c3ccccc3c3c2ccc2c4ccccc4n(-c4ccccc4)c23)c(C#N)c1-c1ccc2c3ccccc3c3ccccc3c2c1. The molecular formula is C74H42N6. The van der Waals surface area contributed by atoms with E-state index in [-0.39, 0.29) is 0 Å². The Morgan fingerprint density at radius 1 is 0.250 bits per heavy atom. The van der Waals surface area contributed by atoms with Crippen molar-refractivity contribution in [3.8, 4) is 46.0 Å². The Bertz CT molecular complexity index is 5320. The third kappa shape index (κ3) is 5.88. The lowest BCUT2D eigenvalue weighted by molar-refractivity contribution is 1.12. The lowest BCUT2D eigenvalue weighted by Gasteiger charge is -2.21. The molecule has 0 unspecified atom stereocenters. The van der Waals surface area contributed by atoms with Crippen molar-refractivity contribution in [2.24, 2.45) is 0 Å². The van der Waals surface area contributed by atoms with Gasteiger partial charge in [0.1, 0.15) is 12.1 Å². The van der Waals surface area contributed by atoms with Gasteiger partial charge in [0.05, 0.1) is 66.6 Å². The summed E-state index contributed by atoms with van der Waals surface area (Å²) in [4.78, 5) is 0. The number of nitrogens with zero attached hydrogens (tertiary/aromatic N) is 6. The van der Waals surface area contributed by atoms with Crippen LogP contribution in [0.5, 0.6) is 0 Å². The van der Waals surface area contributed by atoms with E-state index in [2.05, 4.69) is 285 Å². The third-order valence-electron chi connectivity index (χ3n) is 17.0. The summed E-state index contributed by atoms with van der Waals surface area (Å²) in [7, 11) is 0. The van der Waals surface area contributed by atoms with Crippen LogP contribution in [-0.2, 0) is 0 Å². The minimum Gasteiger partial charge on any atom is -0.309 e. The van der Waals surface area contributed by atoms with Crippen molar-refractivity contribution in [2.45, 2.75) is 0 Å². The molecule has 0 spiro atoms. The molecule has 0 amide bonds. The van der Waals surface area contributed by atoms with Gasteiger partial charge < -0.3 is 18.3 Å². The lowest BCUT2D eigenvalue weighted by Crippen LogP contribution is -2.07. The zero-order chi connectivity index (χ0) is 52.7. The molecule has 6 nitrogen and oxygen atoms in total. The first-order valence-electron chi connectivity index (χ1n) is 27.1. The van der Waals surface area contributed by atoms with Crippen molar-refractivity contribution in [3.05, 3.63) is 266 Å². The molecule has 0 fully saturated rings. The maximum absolute atomic E-state index is 12.1. The number of aromatic nitrogens is 4. The van der Waals surface area contributed by atoms with Crippen molar-refractivity contribution in [1.82, 2.24) is 18.3 Å². The molecule has 368 valence electrons. The molecule has 6 heteroatoms. The topological polar surface area (TPSA) is 67.3 Å². The average Bonchev–Trinajstić information content (AvgIpc) is 4.46. The summed E-state index contributed by atoms with van der Waals surface area (Å²) in [5.41, 5.74) is 13.9. The van der Waals surface area contributed by atoms with Gasteiger partial charge in [-0.05, 0) is 111 Å². The van der Waals surface area contributed by atoms with Crippen LogP contribution in [0.25, 0.3) is 153 Å². The minimum atomic E-state index is 0.411.